The number of aliphatic carboxylic acids is 1. The topological polar surface area (TPSA) is 81.8 Å². The molecule has 2 rings (SSSR count). The number of benzene rings is 1. The van der Waals surface area contributed by atoms with Gasteiger partial charge in [0.1, 0.15) is 24.4 Å². The van der Waals surface area contributed by atoms with Crippen LogP contribution >= 0.6 is 0 Å². The zero-order valence-electron chi connectivity index (χ0n) is 10.8. The largest absolute Gasteiger partial charge is 0.497 e. The normalized spacial score (nSPS) is 10.7. The SMILES string of the molecule is COc1ccc(/C=C/C(=O)O)c(OCc2cnoc2)c1. The van der Waals surface area contributed by atoms with E-state index in [0.29, 0.717) is 17.1 Å². The predicted octanol–water partition coefficient (Wildman–Crippen LogP) is 2.36. The molecule has 0 fully saturated rings. The van der Waals surface area contributed by atoms with Crippen molar-refractivity contribution in [3.05, 3.63) is 47.9 Å². The molecule has 0 amide bonds. The summed E-state index contributed by atoms with van der Waals surface area (Å²) in [5.74, 6) is 0.117. The molecule has 104 valence electrons. The summed E-state index contributed by atoms with van der Waals surface area (Å²) in [7, 11) is 1.55. The lowest BCUT2D eigenvalue weighted by atomic mass is 10.1. The zero-order valence-corrected chi connectivity index (χ0v) is 10.8. The maximum Gasteiger partial charge on any atom is 0.328 e. The van der Waals surface area contributed by atoms with E-state index in [1.54, 1.807) is 31.5 Å². The van der Waals surface area contributed by atoms with Gasteiger partial charge in [-0.3, -0.25) is 0 Å². The molecule has 0 aliphatic carbocycles. The molecule has 6 nitrogen and oxygen atoms in total. The highest BCUT2D eigenvalue weighted by Gasteiger charge is 2.05. The summed E-state index contributed by atoms with van der Waals surface area (Å²) in [6.07, 6.45) is 5.54. The van der Waals surface area contributed by atoms with Gasteiger partial charge in [0.15, 0.2) is 0 Å². The zero-order chi connectivity index (χ0) is 14.4. The van der Waals surface area contributed by atoms with Crippen molar-refractivity contribution in [3.8, 4) is 11.5 Å². The summed E-state index contributed by atoms with van der Waals surface area (Å²) in [6.45, 7) is 0.268. The van der Waals surface area contributed by atoms with Crippen molar-refractivity contribution in [1.29, 1.82) is 0 Å². The standard InChI is InChI=1S/C14H13NO5/c1-18-12-4-2-11(3-5-14(16)17)13(6-12)19-8-10-7-15-20-9-10/h2-7,9H,8H2,1H3,(H,16,17)/b5-3+. The second kappa shape index (κ2) is 6.42. The number of hydrogen-bond acceptors (Lipinski definition) is 5. The van der Waals surface area contributed by atoms with E-state index < -0.39 is 5.97 Å². The van der Waals surface area contributed by atoms with Crippen LogP contribution in [0.25, 0.3) is 6.08 Å². The molecule has 0 unspecified atom stereocenters. The van der Waals surface area contributed by atoms with E-state index in [2.05, 4.69) is 5.16 Å². The minimum absolute atomic E-state index is 0.268. The Hall–Kier alpha value is -2.76. The van der Waals surface area contributed by atoms with E-state index in [0.717, 1.165) is 11.6 Å². The number of aromatic nitrogens is 1. The molecular formula is C14H13NO5. The van der Waals surface area contributed by atoms with E-state index in [9.17, 15) is 4.79 Å². The number of carboxylic acids is 1. The maximum atomic E-state index is 10.6. The van der Waals surface area contributed by atoms with Crippen LogP contribution in [0.2, 0.25) is 0 Å². The molecule has 1 aromatic heterocycles. The molecule has 0 spiro atoms. The smallest absolute Gasteiger partial charge is 0.328 e. The average Bonchev–Trinajstić information content (AvgIpc) is 2.96. The lowest BCUT2D eigenvalue weighted by Gasteiger charge is -2.10. The molecule has 20 heavy (non-hydrogen) atoms. The third-order valence-corrected chi connectivity index (χ3v) is 2.50. The van der Waals surface area contributed by atoms with E-state index in [1.807, 2.05) is 0 Å². The summed E-state index contributed by atoms with van der Waals surface area (Å²) in [6, 6.07) is 5.14. The molecule has 0 saturated heterocycles. The molecule has 0 aliphatic rings. The first-order valence-electron chi connectivity index (χ1n) is 5.79. The van der Waals surface area contributed by atoms with Gasteiger partial charge in [-0.15, -0.1) is 0 Å². The highest BCUT2D eigenvalue weighted by molar-refractivity contribution is 5.86. The van der Waals surface area contributed by atoms with Gasteiger partial charge >= 0.3 is 5.97 Å². The van der Waals surface area contributed by atoms with Crippen LogP contribution in [-0.2, 0) is 11.4 Å². The number of hydrogen-bond donors (Lipinski definition) is 1. The predicted molar refractivity (Wildman–Crippen MR) is 70.5 cm³/mol. The van der Waals surface area contributed by atoms with Crippen molar-refractivity contribution in [3.63, 3.8) is 0 Å². The number of methoxy groups -OCH3 is 1. The molecular weight excluding hydrogens is 262 g/mol. The van der Waals surface area contributed by atoms with Gasteiger partial charge in [-0.2, -0.15) is 0 Å². The highest BCUT2D eigenvalue weighted by atomic mass is 16.5. The van der Waals surface area contributed by atoms with Gasteiger partial charge in [-0.1, -0.05) is 5.16 Å². The van der Waals surface area contributed by atoms with Gasteiger partial charge < -0.3 is 19.1 Å². The van der Waals surface area contributed by atoms with Crippen LogP contribution < -0.4 is 9.47 Å². The number of carboxylic acid groups (broad SMARTS) is 1. The number of nitrogens with zero attached hydrogens (tertiary/aromatic N) is 1. The van der Waals surface area contributed by atoms with E-state index in [-0.39, 0.29) is 6.61 Å². The minimum atomic E-state index is -1.02. The molecule has 1 N–H and O–H groups in total. The van der Waals surface area contributed by atoms with Crippen LogP contribution in [0.1, 0.15) is 11.1 Å². The molecule has 0 saturated carbocycles. The lowest BCUT2D eigenvalue weighted by molar-refractivity contribution is -0.131. The average molecular weight is 275 g/mol. The second-order valence-electron chi connectivity index (χ2n) is 3.90. The molecule has 2 aromatic rings. The first kappa shape index (κ1) is 13.7. The second-order valence-corrected chi connectivity index (χ2v) is 3.90. The Morgan fingerprint density at radius 1 is 1.50 bits per heavy atom. The van der Waals surface area contributed by atoms with E-state index >= 15 is 0 Å². The Balaban J connectivity index is 2.20. The quantitative estimate of drug-likeness (QED) is 0.815. The molecule has 0 radical (unpaired) electrons. The van der Waals surface area contributed by atoms with Crippen LogP contribution in [-0.4, -0.2) is 23.3 Å². The van der Waals surface area contributed by atoms with Gasteiger partial charge in [0.25, 0.3) is 0 Å². The van der Waals surface area contributed by atoms with Crippen LogP contribution in [0.3, 0.4) is 0 Å². The molecule has 1 heterocycles. The Kier molecular flexibility index (Phi) is 4.39. The monoisotopic (exact) mass is 275 g/mol. The Morgan fingerprint density at radius 3 is 3.00 bits per heavy atom. The van der Waals surface area contributed by atoms with Crippen molar-refractivity contribution in [2.24, 2.45) is 0 Å². The maximum absolute atomic E-state index is 10.6. The fourth-order valence-corrected chi connectivity index (χ4v) is 1.52. The fraction of sp³-hybridized carbons (Fsp3) is 0.143. The van der Waals surface area contributed by atoms with Crippen molar-refractivity contribution in [2.45, 2.75) is 6.61 Å². The van der Waals surface area contributed by atoms with Gasteiger partial charge in [0, 0.05) is 23.3 Å². The van der Waals surface area contributed by atoms with Crippen molar-refractivity contribution in [2.75, 3.05) is 7.11 Å². The summed E-state index contributed by atoms with van der Waals surface area (Å²) in [5, 5.41) is 12.3. The van der Waals surface area contributed by atoms with Gasteiger partial charge in [-0.25, -0.2) is 4.79 Å². The van der Waals surface area contributed by atoms with E-state index in [1.165, 1.54) is 12.3 Å². The number of carbonyl (C=O) groups is 1. The van der Waals surface area contributed by atoms with Crippen LogP contribution in [0.15, 0.2) is 41.3 Å². The van der Waals surface area contributed by atoms with Crippen molar-refractivity contribution < 1.29 is 23.9 Å². The molecule has 1 aromatic carbocycles. The molecule has 0 atom stereocenters. The minimum Gasteiger partial charge on any atom is -0.497 e. The van der Waals surface area contributed by atoms with Gasteiger partial charge in [0.2, 0.25) is 0 Å². The van der Waals surface area contributed by atoms with Crippen LogP contribution in [0.5, 0.6) is 11.5 Å². The first-order valence-corrected chi connectivity index (χ1v) is 5.79. The summed E-state index contributed by atoms with van der Waals surface area (Å²) in [4.78, 5) is 10.6. The summed E-state index contributed by atoms with van der Waals surface area (Å²) < 4.78 is 15.5. The van der Waals surface area contributed by atoms with Crippen molar-refractivity contribution in [1.82, 2.24) is 5.16 Å². The molecule has 0 aliphatic heterocycles. The van der Waals surface area contributed by atoms with Gasteiger partial charge in [-0.05, 0) is 18.2 Å². The third-order valence-electron chi connectivity index (χ3n) is 2.50. The lowest BCUT2D eigenvalue weighted by Crippen LogP contribution is -1.97. The molecule has 0 bridgehead atoms. The first-order chi connectivity index (χ1) is 9.69. The molecule has 6 heteroatoms. The number of rotatable bonds is 6. The van der Waals surface area contributed by atoms with Gasteiger partial charge in [0.05, 0.1) is 13.3 Å². The van der Waals surface area contributed by atoms with E-state index in [4.69, 9.17) is 19.1 Å². The third kappa shape index (κ3) is 3.61. The Bertz CT molecular complexity index is 604. The summed E-state index contributed by atoms with van der Waals surface area (Å²) in [5.41, 5.74) is 1.42. The Morgan fingerprint density at radius 2 is 2.35 bits per heavy atom. The van der Waals surface area contributed by atoms with Crippen LogP contribution in [0, 0.1) is 0 Å². The van der Waals surface area contributed by atoms with Crippen LogP contribution in [0.4, 0.5) is 0 Å². The highest BCUT2D eigenvalue weighted by Crippen LogP contribution is 2.26. The number of ether oxygens (including phenoxy) is 2. The Labute approximate surface area is 115 Å². The fourth-order valence-electron chi connectivity index (χ4n) is 1.52. The van der Waals surface area contributed by atoms with Crippen molar-refractivity contribution >= 4 is 12.0 Å². The summed E-state index contributed by atoms with van der Waals surface area (Å²) >= 11 is 0.